The summed E-state index contributed by atoms with van der Waals surface area (Å²) in [6.45, 7) is 0. The van der Waals surface area contributed by atoms with Crippen molar-refractivity contribution in [1.29, 1.82) is 0 Å². The number of para-hydroxylation sites is 1. The van der Waals surface area contributed by atoms with Crippen molar-refractivity contribution in [3.05, 3.63) is 194 Å². The molecule has 0 unspecified atom stereocenters. The Morgan fingerprint density at radius 2 is 0.950 bits per heavy atom. The van der Waals surface area contributed by atoms with Crippen LogP contribution < -0.4 is 0 Å². The van der Waals surface area contributed by atoms with Crippen molar-refractivity contribution >= 4 is 86.8 Å². The molecule has 278 valence electrons. The summed E-state index contributed by atoms with van der Waals surface area (Å²) >= 11 is 0. The van der Waals surface area contributed by atoms with Gasteiger partial charge in [-0.25, -0.2) is 15.0 Å². The summed E-state index contributed by atoms with van der Waals surface area (Å²) in [6, 6.07) is 68.6. The summed E-state index contributed by atoms with van der Waals surface area (Å²) in [6.07, 6.45) is 0. The first-order chi connectivity index (χ1) is 29.7. The van der Waals surface area contributed by atoms with Crippen molar-refractivity contribution in [1.82, 2.24) is 19.5 Å². The normalized spacial score (nSPS) is 12.0. The third kappa shape index (κ3) is 4.90. The molecule has 60 heavy (non-hydrogen) atoms. The molecule has 0 saturated heterocycles. The zero-order valence-electron chi connectivity index (χ0n) is 32.2. The van der Waals surface area contributed by atoms with Crippen molar-refractivity contribution in [2.24, 2.45) is 0 Å². The fourth-order valence-corrected chi connectivity index (χ4v) is 9.43. The molecule has 0 aliphatic carbocycles. The number of hydrogen-bond acceptors (Lipinski definition) is 4. The second-order valence-electron chi connectivity index (χ2n) is 15.6. The summed E-state index contributed by atoms with van der Waals surface area (Å²) in [7, 11) is 0. The first kappa shape index (κ1) is 32.9. The van der Waals surface area contributed by atoms with Crippen LogP contribution in [0.1, 0.15) is 0 Å². The largest absolute Gasteiger partial charge is 0.456 e. The highest BCUT2D eigenvalue weighted by Crippen LogP contribution is 2.43. The molecule has 13 rings (SSSR count). The van der Waals surface area contributed by atoms with Crippen LogP contribution in [-0.2, 0) is 0 Å². The van der Waals surface area contributed by atoms with Gasteiger partial charge in [0.25, 0.3) is 0 Å². The van der Waals surface area contributed by atoms with Gasteiger partial charge < -0.3 is 8.98 Å². The number of rotatable bonds is 4. The molecule has 0 atom stereocenters. The molecule has 0 bridgehead atoms. The van der Waals surface area contributed by atoms with E-state index in [4.69, 9.17) is 19.4 Å². The molecule has 0 radical (unpaired) electrons. The molecule has 10 aromatic carbocycles. The minimum absolute atomic E-state index is 0.578. The van der Waals surface area contributed by atoms with Gasteiger partial charge in [0.2, 0.25) is 0 Å². The average Bonchev–Trinajstić information content (AvgIpc) is 3.85. The second-order valence-corrected chi connectivity index (χ2v) is 15.6. The number of aromatic nitrogens is 4. The van der Waals surface area contributed by atoms with Gasteiger partial charge in [0.05, 0.1) is 16.7 Å². The third-order valence-electron chi connectivity index (χ3n) is 12.2. The Bertz CT molecular complexity index is 3900. The van der Waals surface area contributed by atoms with E-state index < -0.39 is 0 Å². The lowest BCUT2D eigenvalue weighted by Gasteiger charge is -2.16. The molecule has 0 amide bonds. The molecule has 5 nitrogen and oxygen atoms in total. The van der Waals surface area contributed by atoms with E-state index in [1.807, 2.05) is 18.2 Å². The fourth-order valence-electron chi connectivity index (χ4n) is 9.43. The lowest BCUT2D eigenvalue weighted by molar-refractivity contribution is 0.669. The molecule has 0 saturated carbocycles. The van der Waals surface area contributed by atoms with Gasteiger partial charge in [0, 0.05) is 44.3 Å². The topological polar surface area (TPSA) is 56.7 Å². The number of benzene rings is 10. The van der Waals surface area contributed by atoms with E-state index in [0.717, 1.165) is 82.3 Å². The van der Waals surface area contributed by atoms with Gasteiger partial charge in [0.1, 0.15) is 11.2 Å². The lowest BCUT2D eigenvalue weighted by atomic mass is 9.96. The highest BCUT2D eigenvalue weighted by Gasteiger charge is 2.24. The van der Waals surface area contributed by atoms with E-state index in [9.17, 15) is 0 Å². The Balaban J connectivity index is 1.19. The fraction of sp³-hybridized carbons (Fsp3) is 0. The number of hydrogen-bond donors (Lipinski definition) is 0. The van der Waals surface area contributed by atoms with Crippen molar-refractivity contribution in [2.75, 3.05) is 0 Å². The SMILES string of the molecule is c1ccc(-c2nc(-c3cc4c(cc3-n3c5ccccc5c5cc6ccccc6cc53)oc3ccc5ccccc5c34)nc(-c3cc4ccccc4c4ccccc34)n2)cc1. The Kier molecular flexibility index (Phi) is 6.95. The predicted octanol–water partition coefficient (Wildman–Crippen LogP) is 14.5. The molecule has 3 heterocycles. The van der Waals surface area contributed by atoms with Crippen molar-refractivity contribution in [2.45, 2.75) is 0 Å². The van der Waals surface area contributed by atoms with E-state index in [-0.39, 0.29) is 0 Å². The average molecular weight is 765 g/mol. The summed E-state index contributed by atoms with van der Waals surface area (Å²) < 4.78 is 9.16. The first-order valence-electron chi connectivity index (χ1n) is 20.3. The first-order valence-corrected chi connectivity index (χ1v) is 20.3. The van der Waals surface area contributed by atoms with Crippen LogP contribution in [0.25, 0.3) is 127 Å². The number of nitrogens with zero attached hydrogens (tertiary/aromatic N) is 4. The van der Waals surface area contributed by atoms with E-state index >= 15 is 0 Å². The molecule has 0 aliphatic heterocycles. The van der Waals surface area contributed by atoms with Gasteiger partial charge in [0.15, 0.2) is 17.5 Å². The van der Waals surface area contributed by atoms with Crippen molar-refractivity contribution < 1.29 is 4.42 Å². The van der Waals surface area contributed by atoms with E-state index in [1.54, 1.807) is 0 Å². The summed E-state index contributed by atoms with van der Waals surface area (Å²) in [4.78, 5) is 16.2. The zero-order chi connectivity index (χ0) is 39.3. The molecule has 13 aromatic rings. The molecular weight excluding hydrogens is 733 g/mol. The minimum Gasteiger partial charge on any atom is -0.456 e. The molecule has 5 heteroatoms. The van der Waals surface area contributed by atoms with E-state index in [0.29, 0.717) is 17.5 Å². The van der Waals surface area contributed by atoms with Gasteiger partial charge in [-0.15, -0.1) is 0 Å². The summed E-state index contributed by atoms with van der Waals surface area (Å²) in [5.74, 6) is 1.80. The Morgan fingerprint density at radius 3 is 1.77 bits per heavy atom. The predicted molar refractivity (Wildman–Crippen MR) is 248 cm³/mol. The Morgan fingerprint density at radius 1 is 0.333 bits per heavy atom. The van der Waals surface area contributed by atoms with Crippen LogP contribution in [0.2, 0.25) is 0 Å². The molecular formula is C55H32N4O. The number of fused-ring (bicyclic) bond motifs is 12. The standard InChI is InChI=1S/C55H32N4O/c1-2-15-34(16-3-1)53-56-54(44-29-37-19-7-8-20-38(37)40-22-10-11-23-41(40)44)58-55(57-53)45-31-46-51(60-50-27-26-33-14-6-9-21-39(33)52(46)50)32-49(45)59-47-25-13-12-24-42(47)43-28-35-17-4-5-18-36(35)30-48(43)59/h1-32H. The molecule has 3 aromatic heterocycles. The van der Waals surface area contributed by atoms with E-state index in [2.05, 4.69) is 180 Å². The second kappa shape index (κ2) is 12.7. The van der Waals surface area contributed by atoms with Crippen molar-refractivity contribution in [3.63, 3.8) is 0 Å². The van der Waals surface area contributed by atoms with Gasteiger partial charge in [-0.3, -0.25) is 0 Å². The lowest BCUT2D eigenvalue weighted by Crippen LogP contribution is -2.04. The maximum absolute atomic E-state index is 6.79. The quantitative estimate of drug-likeness (QED) is 0.167. The van der Waals surface area contributed by atoms with Gasteiger partial charge in [-0.1, -0.05) is 152 Å². The maximum Gasteiger partial charge on any atom is 0.166 e. The van der Waals surface area contributed by atoms with Gasteiger partial charge in [-0.2, -0.15) is 0 Å². The van der Waals surface area contributed by atoms with Crippen LogP contribution in [0.5, 0.6) is 0 Å². The Hall–Kier alpha value is -8.15. The van der Waals surface area contributed by atoms with Crippen LogP contribution in [-0.4, -0.2) is 19.5 Å². The van der Waals surface area contributed by atoms with Gasteiger partial charge >= 0.3 is 0 Å². The third-order valence-corrected chi connectivity index (χ3v) is 12.2. The van der Waals surface area contributed by atoms with Crippen LogP contribution >= 0.6 is 0 Å². The maximum atomic E-state index is 6.79. The van der Waals surface area contributed by atoms with Crippen LogP contribution in [0.3, 0.4) is 0 Å². The molecule has 0 fully saturated rings. The molecule has 0 spiro atoms. The summed E-state index contributed by atoms with van der Waals surface area (Å²) in [5, 5.41) is 13.7. The van der Waals surface area contributed by atoms with Crippen molar-refractivity contribution in [3.8, 4) is 39.9 Å². The highest BCUT2D eigenvalue weighted by atomic mass is 16.3. The van der Waals surface area contributed by atoms with E-state index in [1.165, 1.54) is 26.9 Å². The highest BCUT2D eigenvalue weighted by molar-refractivity contribution is 6.21. The zero-order valence-corrected chi connectivity index (χ0v) is 32.2. The van der Waals surface area contributed by atoms with Crippen LogP contribution in [0.4, 0.5) is 0 Å². The Labute approximate surface area is 343 Å². The van der Waals surface area contributed by atoms with Crippen LogP contribution in [0.15, 0.2) is 199 Å². The monoisotopic (exact) mass is 764 g/mol. The smallest absolute Gasteiger partial charge is 0.166 e. The molecule has 0 aliphatic rings. The summed E-state index contributed by atoms with van der Waals surface area (Å²) in [5.41, 5.74) is 7.48. The minimum atomic E-state index is 0.578. The number of furan rings is 1. The van der Waals surface area contributed by atoms with Crippen LogP contribution in [0, 0.1) is 0 Å². The van der Waals surface area contributed by atoms with Gasteiger partial charge in [-0.05, 0) is 79.5 Å². The molecule has 0 N–H and O–H groups in total.